The van der Waals surface area contributed by atoms with E-state index in [-0.39, 0.29) is 28.5 Å². The zero-order valence-electron chi connectivity index (χ0n) is 18.2. The molecule has 32 heavy (non-hydrogen) atoms. The minimum absolute atomic E-state index is 0.0170. The van der Waals surface area contributed by atoms with Gasteiger partial charge in [0, 0.05) is 18.5 Å². The van der Waals surface area contributed by atoms with Crippen LogP contribution < -0.4 is 5.56 Å². The summed E-state index contributed by atoms with van der Waals surface area (Å²) in [5.74, 6) is -0.0790. The van der Waals surface area contributed by atoms with E-state index in [0.717, 1.165) is 11.1 Å². The molecule has 0 fully saturated rings. The number of nitrogens with zero attached hydrogens (tertiary/aromatic N) is 3. The van der Waals surface area contributed by atoms with E-state index in [2.05, 4.69) is 21.9 Å². The largest absolute Gasteiger partial charge is 0.505 e. The summed E-state index contributed by atoms with van der Waals surface area (Å²) < 4.78 is 1.40. The molecular weight excluding hydrogens is 404 g/mol. The lowest BCUT2D eigenvalue weighted by Crippen LogP contribution is -2.16. The van der Waals surface area contributed by atoms with E-state index in [9.17, 15) is 14.7 Å². The van der Waals surface area contributed by atoms with Crippen LogP contribution in [0.4, 0.5) is 11.4 Å². The number of benzene rings is 2. The van der Waals surface area contributed by atoms with Crippen molar-refractivity contribution < 1.29 is 9.90 Å². The maximum atomic E-state index is 12.6. The van der Waals surface area contributed by atoms with Gasteiger partial charge < -0.3 is 5.11 Å². The number of phenols is 1. The second kappa shape index (κ2) is 10.3. The summed E-state index contributed by atoms with van der Waals surface area (Å²) in [4.78, 5) is 23.9. The van der Waals surface area contributed by atoms with Crippen LogP contribution in [0.2, 0.25) is 0 Å². The predicted molar refractivity (Wildman–Crippen MR) is 127 cm³/mol. The molecule has 0 saturated carbocycles. The van der Waals surface area contributed by atoms with Gasteiger partial charge in [0.1, 0.15) is 11.4 Å². The number of aryl methyl sites for hydroxylation is 3. The number of ketones is 1. The van der Waals surface area contributed by atoms with Crippen molar-refractivity contribution >= 4 is 29.3 Å². The Morgan fingerprint density at radius 2 is 1.94 bits per heavy atom. The van der Waals surface area contributed by atoms with Gasteiger partial charge >= 0.3 is 0 Å². The molecule has 0 aliphatic rings. The van der Waals surface area contributed by atoms with Crippen molar-refractivity contribution in [2.24, 2.45) is 10.2 Å². The van der Waals surface area contributed by atoms with E-state index in [1.165, 1.54) is 10.8 Å². The Morgan fingerprint density at radius 1 is 1.16 bits per heavy atom. The van der Waals surface area contributed by atoms with Gasteiger partial charge in [0.15, 0.2) is 11.5 Å². The number of allylic oxidation sites excluding steroid dienone is 1. The molecule has 0 amide bonds. The van der Waals surface area contributed by atoms with E-state index in [4.69, 9.17) is 0 Å². The van der Waals surface area contributed by atoms with Gasteiger partial charge in [-0.05, 0) is 38.0 Å². The Kier molecular flexibility index (Phi) is 7.33. The van der Waals surface area contributed by atoms with Gasteiger partial charge in [0.25, 0.3) is 5.56 Å². The van der Waals surface area contributed by atoms with Gasteiger partial charge in [-0.1, -0.05) is 60.7 Å². The number of aromatic hydroxyl groups is 1. The number of carbonyl (C=O) groups is 1. The molecule has 1 heterocycles. The lowest BCUT2D eigenvalue weighted by atomic mass is 10.1. The summed E-state index contributed by atoms with van der Waals surface area (Å²) in [6.07, 6.45) is 5.83. The normalized spacial score (nSPS) is 11.4. The number of carbonyl (C=O) groups excluding carboxylic acids is 1. The Hall–Kier alpha value is -4.00. The minimum atomic E-state index is -0.327. The molecular formula is C25H26N4O3. The van der Waals surface area contributed by atoms with E-state index in [1.54, 1.807) is 25.1 Å². The van der Waals surface area contributed by atoms with Crippen molar-refractivity contribution in [2.75, 3.05) is 0 Å². The van der Waals surface area contributed by atoms with E-state index < -0.39 is 0 Å². The lowest BCUT2D eigenvalue weighted by molar-refractivity contribution is -0.114. The predicted octanol–water partition coefficient (Wildman–Crippen LogP) is 5.62. The van der Waals surface area contributed by atoms with Crippen LogP contribution in [-0.2, 0) is 11.3 Å². The fraction of sp³-hybridized carbons (Fsp3) is 0.200. The van der Waals surface area contributed by atoms with Gasteiger partial charge in [0.2, 0.25) is 0 Å². The molecule has 1 aromatic heterocycles. The van der Waals surface area contributed by atoms with Gasteiger partial charge in [0.05, 0.1) is 5.69 Å². The number of rotatable bonds is 9. The molecule has 3 aromatic rings. The van der Waals surface area contributed by atoms with E-state index in [1.807, 2.05) is 43.3 Å². The van der Waals surface area contributed by atoms with Crippen molar-refractivity contribution in [1.29, 1.82) is 0 Å². The first-order chi connectivity index (χ1) is 15.4. The van der Waals surface area contributed by atoms with Crippen molar-refractivity contribution in [1.82, 2.24) is 9.78 Å². The Balaban J connectivity index is 1.78. The average molecular weight is 431 g/mol. The number of aromatic nitrogens is 2. The monoisotopic (exact) mass is 430 g/mol. The second-order valence-electron chi connectivity index (χ2n) is 7.48. The maximum Gasteiger partial charge on any atom is 0.294 e. The number of azo groups is 1. The molecule has 0 aliphatic carbocycles. The van der Waals surface area contributed by atoms with Crippen molar-refractivity contribution in [3.05, 3.63) is 87.9 Å². The van der Waals surface area contributed by atoms with Crippen LogP contribution in [0.15, 0.2) is 70.1 Å². The summed E-state index contributed by atoms with van der Waals surface area (Å²) in [5, 5.41) is 21.7. The molecule has 0 bridgehead atoms. The molecule has 0 radical (unpaired) electrons. The van der Waals surface area contributed by atoms with E-state index >= 15 is 0 Å². The Morgan fingerprint density at radius 3 is 2.69 bits per heavy atom. The zero-order valence-corrected chi connectivity index (χ0v) is 18.2. The first kappa shape index (κ1) is 22.7. The topological polar surface area (TPSA) is 99.8 Å². The third-order valence-electron chi connectivity index (χ3n) is 4.94. The highest BCUT2D eigenvalue weighted by atomic mass is 16.3. The smallest absolute Gasteiger partial charge is 0.294 e. The number of nitrogens with one attached hydrogen (secondary N) is 1. The average Bonchev–Trinajstić information content (AvgIpc) is 3.04. The zero-order chi connectivity index (χ0) is 23.1. The standard InChI is InChI=1S/C25H26N4O3/c1-4-21(30)11-7-15-29-25(32)23(18(3)28-29)27-26-22-12-6-10-20(24(22)31)14-13-19-9-5-8-17(2)16-19/h4-6,8-10,12-14,16,28,31H,1,7,11,15H2,2-3H3/b14-13-,27-26?. The SMILES string of the molecule is C=CC(=O)CCCn1[nH]c(C)c(N=Nc2cccc(/C=C\c3cccc(C)c3)c2O)c1=O. The molecule has 0 spiro atoms. The van der Waals surface area contributed by atoms with Gasteiger partial charge in [-0.25, -0.2) is 0 Å². The molecule has 0 atom stereocenters. The number of aromatic amines is 1. The first-order valence-corrected chi connectivity index (χ1v) is 10.3. The molecule has 2 aromatic carbocycles. The lowest BCUT2D eigenvalue weighted by Gasteiger charge is -2.02. The fourth-order valence-corrected chi connectivity index (χ4v) is 3.21. The highest BCUT2D eigenvalue weighted by Crippen LogP contribution is 2.32. The van der Waals surface area contributed by atoms with Crippen molar-refractivity contribution in [3.63, 3.8) is 0 Å². The van der Waals surface area contributed by atoms with Crippen LogP contribution in [0, 0.1) is 13.8 Å². The third kappa shape index (κ3) is 5.57. The molecule has 3 rings (SSSR count). The highest BCUT2D eigenvalue weighted by Gasteiger charge is 2.12. The first-order valence-electron chi connectivity index (χ1n) is 10.3. The number of H-pyrrole nitrogens is 1. The fourth-order valence-electron chi connectivity index (χ4n) is 3.21. The van der Waals surface area contributed by atoms with Crippen LogP contribution >= 0.6 is 0 Å². The van der Waals surface area contributed by atoms with Crippen LogP contribution in [0.1, 0.15) is 35.2 Å². The van der Waals surface area contributed by atoms with Crippen molar-refractivity contribution in [3.8, 4) is 5.75 Å². The molecule has 164 valence electrons. The van der Waals surface area contributed by atoms with Gasteiger partial charge in [-0.15, -0.1) is 10.2 Å². The third-order valence-corrected chi connectivity index (χ3v) is 4.94. The molecule has 0 saturated heterocycles. The van der Waals surface area contributed by atoms with Gasteiger partial charge in [-0.3, -0.25) is 19.4 Å². The quantitative estimate of drug-likeness (QED) is 0.262. The highest BCUT2D eigenvalue weighted by molar-refractivity contribution is 5.88. The van der Waals surface area contributed by atoms with Gasteiger partial charge in [-0.2, -0.15) is 0 Å². The number of hydrogen-bond acceptors (Lipinski definition) is 5. The van der Waals surface area contributed by atoms with Crippen LogP contribution in [-0.4, -0.2) is 20.7 Å². The number of para-hydroxylation sites is 1. The molecule has 7 nitrogen and oxygen atoms in total. The Labute approximate surface area is 186 Å². The van der Waals surface area contributed by atoms with Crippen LogP contribution in [0.3, 0.4) is 0 Å². The maximum absolute atomic E-state index is 12.6. The summed E-state index contributed by atoms with van der Waals surface area (Å²) in [6.45, 7) is 7.55. The second-order valence-corrected chi connectivity index (χ2v) is 7.48. The minimum Gasteiger partial charge on any atom is -0.505 e. The van der Waals surface area contributed by atoms with Crippen LogP contribution in [0.5, 0.6) is 5.75 Å². The van der Waals surface area contributed by atoms with Crippen LogP contribution in [0.25, 0.3) is 12.2 Å². The molecule has 0 aliphatic heterocycles. The Bertz CT molecular complexity index is 1250. The van der Waals surface area contributed by atoms with Crippen molar-refractivity contribution in [2.45, 2.75) is 33.2 Å². The number of phenolic OH excluding ortho intramolecular Hbond substituents is 1. The summed E-state index contributed by atoms with van der Waals surface area (Å²) in [7, 11) is 0. The summed E-state index contributed by atoms with van der Waals surface area (Å²) in [5.41, 5.74) is 3.43. The molecule has 0 unspecified atom stereocenters. The molecule has 7 heteroatoms. The summed E-state index contributed by atoms with van der Waals surface area (Å²) in [6, 6.07) is 13.2. The summed E-state index contributed by atoms with van der Waals surface area (Å²) >= 11 is 0. The number of hydrogen-bond donors (Lipinski definition) is 2. The van der Waals surface area contributed by atoms with E-state index in [0.29, 0.717) is 30.6 Å². The molecule has 2 N–H and O–H groups in total.